The van der Waals surface area contributed by atoms with E-state index >= 15 is 0 Å². The van der Waals surface area contributed by atoms with Gasteiger partial charge >= 0.3 is 11.9 Å². The smallest absolute Gasteiger partial charge is 0.336 e. The van der Waals surface area contributed by atoms with Crippen molar-refractivity contribution in [1.29, 1.82) is 0 Å². The molecule has 1 aliphatic heterocycles. The molecule has 1 aliphatic rings. The summed E-state index contributed by atoms with van der Waals surface area (Å²) in [6.45, 7) is 4.97. The quantitative estimate of drug-likeness (QED) is 0.469. The van der Waals surface area contributed by atoms with Gasteiger partial charge < -0.3 is 14.8 Å². The Balaban J connectivity index is 2.07. The fraction of sp³-hybridized carbons (Fsp3) is 0.280. The summed E-state index contributed by atoms with van der Waals surface area (Å²) in [4.78, 5) is 25.5. The Morgan fingerprint density at radius 1 is 0.853 bits per heavy atom. The molecule has 0 atom stereocenters. The Kier molecular flexibility index (Phi) is 7.58. The number of aryl methyl sites for hydroxylation is 1. The summed E-state index contributed by atoms with van der Waals surface area (Å²) in [6.07, 6.45) is 0. The van der Waals surface area contributed by atoms with E-state index in [2.05, 4.69) is 5.32 Å². The number of benzene rings is 2. The number of methoxy groups -OCH3 is 2. The number of carbonyl (C=O) groups is 2. The number of nitrogens with one attached hydrogen (secondary N) is 1. The highest BCUT2D eigenvalue weighted by molar-refractivity contribution is 7.86. The third-order valence-corrected chi connectivity index (χ3v) is 6.89. The van der Waals surface area contributed by atoms with Gasteiger partial charge in [0.25, 0.3) is 10.1 Å². The molecule has 0 bridgehead atoms. The first-order valence-electron chi connectivity index (χ1n) is 10.5. The maximum atomic E-state index is 12.7. The van der Waals surface area contributed by atoms with Crippen LogP contribution < -0.4 is 5.32 Å². The first kappa shape index (κ1) is 25.2. The van der Waals surface area contributed by atoms with Crippen LogP contribution in [0, 0.1) is 6.92 Å². The lowest BCUT2D eigenvalue weighted by atomic mass is 9.78. The molecule has 0 aliphatic carbocycles. The second-order valence-corrected chi connectivity index (χ2v) is 9.46. The molecule has 0 aromatic heterocycles. The largest absolute Gasteiger partial charge is 0.466 e. The van der Waals surface area contributed by atoms with Gasteiger partial charge in [-0.05, 0) is 44.0 Å². The third-order valence-electron chi connectivity index (χ3n) is 5.62. The molecular formula is C25H27NO7S. The Bertz CT molecular complexity index is 1240. The molecule has 1 heterocycles. The highest BCUT2D eigenvalue weighted by Gasteiger charge is 2.38. The molecule has 2 aromatic rings. The normalized spacial score (nSPS) is 14.6. The molecule has 34 heavy (non-hydrogen) atoms. The molecule has 0 saturated heterocycles. The number of rotatable bonds is 7. The Morgan fingerprint density at radius 3 is 1.91 bits per heavy atom. The molecule has 0 unspecified atom stereocenters. The molecule has 9 heteroatoms. The molecule has 3 rings (SSSR count). The van der Waals surface area contributed by atoms with Gasteiger partial charge in [-0.1, -0.05) is 42.0 Å². The van der Waals surface area contributed by atoms with Crippen molar-refractivity contribution >= 4 is 22.1 Å². The number of hydrogen-bond donors (Lipinski definition) is 1. The lowest BCUT2D eigenvalue weighted by Gasteiger charge is -2.31. The van der Waals surface area contributed by atoms with E-state index in [1.54, 1.807) is 50.2 Å². The van der Waals surface area contributed by atoms with E-state index < -0.39 is 28.0 Å². The Labute approximate surface area is 199 Å². The minimum atomic E-state index is -4.03. The van der Waals surface area contributed by atoms with Crippen molar-refractivity contribution in [3.63, 3.8) is 0 Å². The van der Waals surface area contributed by atoms with Crippen LogP contribution in [0.4, 0.5) is 0 Å². The van der Waals surface area contributed by atoms with Crippen molar-refractivity contribution < 1.29 is 31.7 Å². The lowest BCUT2D eigenvalue weighted by molar-refractivity contribution is -0.137. The van der Waals surface area contributed by atoms with Crippen LogP contribution in [0.1, 0.15) is 36.5 Å². The number of carbonyl (C=O) groups excluding carboxylic acids is 2. The molecule has 0 fully saturated rings. The van der Waals surface area contributed by atoms with Gasteiger partial charge in [0.2, 0.25) is 0 Å². The van der Waals surface area contributed by atoms with Crippen molar-refractivity contribution in [3.05, 3.63) is 87.8 Å². The van der Waals surface area contributed by atoms with Crippen LogP contribution in [0.5, 0.6) is 0 Å². The zero-order valence-corrected chi connectivity index (χ0v) is 20.5. The van der Waals surface area contributed by atoms with Crippen LogP contribution >= 0.6 is 0 Å². The number of esters is 2. The fourth-order valence-corrected chi connectivity index (χ4v) is 4.81. The van der Waals surface area contributed by atoms with Gasteiger partial charge in [0, 0.05) is 11.4 Å². The van der Waals surface area contributed by atoms with Gasteiger partial charge in [-0.3, -0.25) is 4.18 Å². The molecule has 180 valence electrons. The number of dihydropyridines is 1. The van der Waals surface area contributed by atoms with Gasteiger partial charge in [0.05, 0.1) is 42.8 Å². The average Bonchev–Trinajstić information content (AvgIpc) is 2.82. The predicted molar refractivity (Wildman–Crippen MR) is 125 cm³/mol. The molecule has 0 radical (unpaired) electrons. The minimum absolute atomic E-state index is 0.0365. The summed E-state index contributed by atoms with van der Waals surface area (Å²) >= 11 is 0. The highest BCUT2D eigenvalue weighted by atomic mass is 32.2. The highest BCUT2D eigenvalue weighted by Crippen LogP contribution is 2.40. The van der Waals surface area contributed by atoms with E-state index in [1.165, 1.54) is 26.4 Å². The van der Waals surface area contributed by atoms with E-state index in [1.807, 2.05) is 6.92 Å². The van der Waals surface area contributed by atoms with Crippen molar-refractivity contribution in [2.45, 2.75) is 38.2 Å². The van der Waals surface area contributed by atoms with E-state index in [4.69, 9.17) is 13.7 Å². The standard InChI is InChI=1S/C25H27NO7S/c1-15-10-12-19(13-11-15)34(29,30)33-14-18-8-6-7-9-20(18)23-21(24(27)31-4)16(2)26-17(3)22(23)25(28)32-5/h6-13,23,26H,14H2,1-5H3. The van der Waals surface area contributed by atoms with Gasteiger partial charge in [-0.15, -0.1) is 0 Å². The number of allylic oxidation sites excluding steroid dienone is 2. The molecule has 0 amide bonds. The van der Waals surface area contributed by atoms with Crippen LogP contribution in [-0.4, -0.2) is 34.6 Å². The first-order chi connectivity index (χ1) is 16.1. The van der Waals surface area contributed by atoms with E-state index in [9.17, 15) is 18.0 Å². The second-order valence-electron chi connectivity index (χ2n) is 7.85. The van der Waals surface area contributed by atoms with Crippen LogP contribution in [0.15, 0.2) is 76.0 Å². The number of ether oxygens (including phenoxy) is 2. The van der Waals surface area contributed by atoms with E-state index in [0.717, 1.165) is 5.56 Å². The molecule has 0 spiro atoms. The summed E-state index contributed by atoms with van der Waals surface area (Å²) < 4.78 is 40.8. The van der Waals surface area contributed by atoms with Crippen molar-refractivity contribution in [2.75, 3.05) is 14.2 Å². The SMILES string of the molecule is COC(=O)C1=C(C)NC(C)=C(C(=O)OC)C1c1ccccc1COS(=O)(=O)c1ccc(C)cc1. The zero-order chi connectivity index (χ0) is 25.0. The van der Waals surface area contributed by atoms with Gasteiger partial charge in [0.15, 0.2) is 0 Å². The summed E-state index contributed by atoms with van der Waals surface area (Å²) in [6, 6.07) is 13.2. The van der Waals surface area contributed by atoms with Crippen molar-refractivity contribution in [3.8, 4) is 0 Å². The van der Waals surface area contributed by atoms with E-state index in [0.29, 0.717) is 22.5 Å². The summed E-state index contributed by atoms with van der Waals surface area (Å²) in [7, 11) is -1.52. The summed E-state index contributed by atoms with van der Waals surface area (Å²) in [5.41, 5.74) is 3.43. The molecule has 2 aromatic carbocycles. The van der Waals surface area contributed by atoms with Gasteiger partial charge in [-0.25, -0.2) is 9.59 Å². The maximum Gasteiger partial charge on any atom is 0.336 e. The predicted octanol–water partition coefficient (Wildman–Crippen LogP) is 3.48. The second kappa shape index (κ2) is 10.2. The maximum absolute atomic E-state index is 12.7. The molecule has 1 N–H and O–H groups in total. The zero-order valence-electron chi connectivity index (χ0n) is 19.7. The topological polar surface area (TPSA) is 108 Å². The summed E-state index contributed by atoms with van der Waals surface area (Å²) in [5.74, 6) is -2.08. The van der Waals surface area contributed by atoms with Crippen molar-refractivity contribution in [1.82, 2.24) is 5.32 Å². The average molecular weight is 486 g/mol. The third kappa shape index (κ3) is 5.05. The van der Waals surface area contributed by atoms with Gasteiger partial charge in [-0.2, -0.15) is 8.42 Å². The lowest BCUT2D eigenvalue weighted by Crippen LogP contribution is -2.32. The van der Waals surface area contributed by atoms with E-state index in [-0.39, 0.29) is 22.6 Å². The van der Waals surface area contributed by atoms with Crippen LogP contribution in [0.3, 0.4) is 0 Å². The van der Waals surface area contributed by atoms with Crippen LogP contribution in [-0.2, 0) is 40.0 Å². The van der Waals surface area contributed by atoms with Crippen LogP contribution in [0.2, 0.25) is 0 Å². The Morgan fingerprint density at radius 2 is 1.38 bits per heavy atom. The van der Waals surface area contributed by atoms with Crippen LogP contribution in [0.25, 0.3) is 0 Å². The monoisotopic (exact) mass is 485 g/mol. The molecular weight excluding hydrogens is 458 g/mol. The summed E-state index contributed by atoms with van der Waals surface area (Å²) in [5, 5.41) is 3.04. The molecule has 0 saturated carbocycles. The first-order valence-corrected chi connectivity index (χ1v) is 11.9. The number of hydrogen-bond acceptors (Lipinski definition) is 8. The minimum Gasteiger partial charge on any atom is -0.466 e. The Hall–Kier alpha value is -3.43. The van der Waals surface area contributed by atoms with Gasteiger partial charge in [0.1, 0.15) is 0 Å². The molecule has 8 nitrogen and oxygen atoms in total. The fourth-order valence-electron chi connectivity index (χ4n) is 3.93. The van der Waals surface area contributed by atoms with Crippen molar-refractivity contribution in [2.24, 2.45) is 0 Å².